The summed E-state index contributed by atoms with van der Waals surface area (Å²) in [7, 11) is 0. The van der Waals surface area contributed by atoms with Gasteiger partial charge in [-0.2, -0.15) is 0 Å². The highest BCUT2D eigenvalue weighted by Crippen LogP contribution is 2.29. The summed E-state index contributed by atoms with van der Waals surface area (Å²) in [6, 6.07) is 1.97. The van der Waals surface area contributed by atoms with Crippen LogP contribution in [0.3, 0.4) is 0 Å². The zero-order valence-corrected chi connectivity index (χ0v) is 14.4. The van der Waals surface area contributed by atoms with E-state index in [1.54, 1.807) is 12.3 Å². The summed E-state index contributed by atoms with van der Waals surface area (Å²) >= 11 is 12.1. The minimum Gasteiger partial charge on any atom is -0.381 e. The van der Waals surface area contributed by atoms with E-state index < -0.39 is 0 Å². The van der Waals surface area contributed by atoms with Crippen molar-refractivity contribution in [1.29, 1.82) is 0 Å². The highest BCUT2D eigenvalue weighted by atomic mass is 35.5. The molecule has 126 valence electrons. The maximum atomic E-state index is 12.4. The van der Waals surface area contributed by atoms with Crippen molar-refractivity contribution in [2.45, 2.75) is 31.7 Å². The standard InChI is InChI=1S/C16H21Cl2N3O2/c17-12-9-14(18)15(19-10-12)21-5-1-11(2-6-21)16(22)20-13-3-7-23-8-4-13/h9-11,13H,1-8H2,(H,20,22). The van der Waals surface area contributed by atoms with Crippen LogP contribution in [0.1, 0.15) is 25.7 Å². The zero-order chi connectivity index (χ0) is 16.2. The van der Waals surface area contributed by atoms with Gasteiger partial charge in [-0.3, -0.25) is 4.79 Å². The Hall–Kier alpha value is -1.04. The maximum absolute atomic E-state index is 12.4. The molecule has 1 aromatic heterocycles. The highest BCUT2D eigenvalue weighted by Gasteiger charge is 2.28. The van der Waals surface area contributed by atoms with Gasteiger partial charge in [0.05, 0.1) is 10.0 Å². The van der Waals surface area contributed by atoms with Gasteiger partial charge >= 0.3 is 0 Å². The van der Waals surface area contributed by atoms with Crippen LogP contribution in [0.5, 0.6) is 0 Å². The van der Waals surface area contributed by atoms with Crippen molar-refractivity contribution in [3.05, 3.63) is 22.3 Å². The first-order valence-electron chi connectivity index (χ1n) is 8.07. The van der Waals surface area contributed by atoms with Gasteiger partial charge in [0.25, 0.3) is 0 Å². The summed E-state index contributed by atoms with van der Waals surface area (Å²) < 4.78 is 5.32. The molecule has 1 amide bonds. The first-order chi connectivity index (χ1) is 11.1. The number of nitrogens with zero attached hydrogens (tertiary/aromatic N) is 2. The second-order valence-electron chi connectivity index (χ2n) is 6.12. The first-order valence-corrected chi connectivity index (χ1v) is 8.83. The van der Waals surface area contributed by atoms with Crippen molar-refractivity contribution in [2.24, 2.45) is 5.92 Å². The number of nitrogens with one attached hydrogen (secondary N) is 1. The molecule has 2 aliphatic rings. The SMILES string of the molecule is O=C(NC1CCOCC1)C1CCN(c2ncc(Cl)cc2Cl)CC1. The van der Waals surface area contributed by atoms with Crippen LogP contribution in [0.25, 0.3) is 0 Å². The number of halogens is 2. The molecule has 3 heterocycles. The number of ether oxygens (including phenoxy) is 1. The Morgan fingerprint density at radius 1 is 1.22 bits per heavy atom. The normalized spacial score (nSPS) is 20.5. The fourth-order valence-electron chi connectivity index (χ4n) is 3.15. The van der Waals surface area contributed by atoms with Gasteiger partial charge < -0.3 is 15.0 Å². The smallest absolute Gasteiger partial charge is 0.223 e. The maximum Gasteiger partial charge on any atom is 0.223 e. The predicted molar refractivity (Wildman–Crippen MR) is 91.2 cm³/mol. The topological polar surface area (TPSA) is 54.5 Å². The Bertz CT molecular complexity index is 556. The number of amides is 1. The van der Waals surface area contributed by atoms with E-state index in [0.717, 1.165) is 57.8 Å². The lowest BCUT2D eigenvalue weighted by Gasteiger charge is -2.33. The zero-order valence-electron chi connectivity index (χ0n) is 12.9. The Kier molecular flexibility index (Phi) is 5.62. The van der Waals surface area contributed by atoms with Gasteiger partial charge in [-0.25, -0.2) is 4.98 Å². The molecule has 0 saturated carbocycles. The van der Waals surface area contributed by atoms with E-state index in [1.165, 1.54) is 0 Å². The molecule has 7 heteroatoms. The third kappa shape index (κ3) is 4.28. The van der Waals surface area contributed by atoms with E-state index in [9.17, 15) is 4.79 Å². The Morgan fingerprint density at radius 3 is 2.57 bits per heavy atom. The Balaban J connectivity index is 1.52. The molecule has 2 aliphatic heterocycles. The summed E-state index contributed by atoms with van der Waals surface area (Å²) in [5.41, 5.74) is 0. The minimum atomic E-state index is 0.0696. The average molecular weight is 358 g/mol. The van der Waals surface area contributed by atoms with E-state index in [-0.39, 0.29) is 17.9 Å². The third-order valence-corrected chi connectivity index (χ3v) is 5.01. The van der Waals surface area contributed by atoms with Crippen LogP contribution < -0.4 is 10.2 Å². The summed E-state index contributed by atoms with van der Waals surface area (Å²) in [6.45, 7) is 3.04. The molecule has 0 radical (unpaired) electrons. The van der Waals surface area contributed by atoms with Crippen molar-refractivity contribution in [3.63, 3.8) is 0 Å². The number of rotatable bonds is 3. The van der Waals surface area contributed by atoms with Gasteiger partial charge in [-0.05, 0) is 31.7 Å². The molecule has 3 rings (SSSR count). The lowest BCUT2D eigenvalue weighted by atomic mass is 9.95. The number of anilines is 1. The molecule has 2 fully saturated rings. The number of carbonyl (C=O) groups is 1. The fraction of sp³-hybridized carbons (Fsp3) is 0.625. The second-order valence-corrected chi connectivity index (χ2v) is 6.96. The lowest BCUT2D eigenvalue weighted by Crippen LogP contribution is -2.45. The molecule has 2 saturated heterocycles. The van der Waals surface area contributed by atoms with Crippen molar-refractivity contribution < 1.29 is 9.53 Å². The summed E-state index contributed by atoms with van der Waals surface area (Å²) in [5, 5.41) is 4.26. The van der Waals surface area contributed by atoms with E-state index >= 15 is 0 Å². The van der Waals surface area contributed by atoms with Crippen molar-refractivity contribution in [2.75, 3.05) is 31.2 Å². The molecular formula is C16H21Cl2N3O2. The van der Waals surface area contributed by atoms with Gasteiger partial charge in [0.2, 0.25) is 5.91 Å². The molecule has 0 aromatic carbocycles. The van der Waals surface area contributed by atoms with Crippen molar-refractivity contribution in [3.8, 4) is 0 Å². The largest absolute Gasteiger partial charge is 0.381 e. The quantitative estimate of drug-likeness (QED) is 0.903. The molecule has 5 nitrogen and oxygen atoms in total. The first kappa shape index (κ1) is 16.8. The number of aromatic nitrogens is 1. The van der Waals surface area contributed by atoms with E-state index in [2.05, 4.69) is 15.2 Å². The molecule has 0 atom stereocenters. The summed E-state index contributed by atoms with van der Waals surface area (Å²) in [6.07, 6.45) is 5.06. The van der Waals surface area contributed by atoms with Crippen LogP contribution in [0.4, 0.5) is 5.82 Å². The number of hydrogen-bond donors (Lipinski definition) is 1. The predicted octanol–water partition coefficient (Wildman–Crippen LogP) is 2.90. The van der Waals surface area contributed by atoms with Gasteiger partial charge in [0.1, 0.15) is 5.82 Å². The van der Waals surface area contributed by atoms with Crippen LogP contribution in [0.15, 0.2) is 12.3 Å². The minimum absolute atomic E-state index is 0.0696. The van der Waals surface area contributed by atoms with Crippen LogP contribution in [-0.2, 0) is 9.53 Å². The molecule has 0 bridgehead atoms. The van der Waals surface area contributed by atoms with Gasteiger partial charge in [-0.15, -0.1) is 0 Å². The highest BCUT2D eigenvalue weighted by molar-refractivity contribution is 6.36. The van der Waals surface area contributed by atoms with Crippen LogP contribution in [0.2, 0.25) is 10.0 Å². The number of hydrogen-bond acceptors (Lipinski definition) is 4. The molecule has 23 heavy (non-hydrogen) atoms. The molecule has 0 aliphatic carbocycles. The molecule has 0 unspecified atom stereocenters. The summed E-state index contributed by atoms with van der Waals surface area (Å²) in [4.78, 5) is 18.8. The fourth-order valence-corrected chi connectivity index (χ4v) is 3.65. The number of carbonyl (C=O) groups excluding carboxylic acids is 1. The molecule has 1 N–H and O–H groups in total. The third-order valence-electron chi connectivity index (χ3n) is 4.52. The van der Waals surface area contributed by atoms with Crippen LogP contribution >= 0.6 is 23.2 Å². The average Bonchev–Trinajstić information content (AvgIpc) is 2.56. The lowest BCUT2D eigenvalue weighted by molar-refractivity contribution is -0.126. The van der Waals surface area contributed by atoms with Crippen LogP contribution in [0, 0.1) is 5.92 Å². The van der Waals surface area contributed by atoms with Crippen LogP contribution in [-0.4, -0.2) is 43.2 Å². The molecule has 0 spiro atoms. The number of piperidine rings is 1. The molecular weight excluding hydrogens is 337 g/mol. The van der Waals surface area contributed by atoms with E-state index in [4.69, 9.17) is 27.9 Å². The van der Waals surface area contributed by atoms with Crippen molar-refractivity contribution >= 4 is 34.9 Å². The van der Waals surface area contributed by atoms with Gasteiger partial charge in [0.15, 0.2) is 0 Å². The van der Waals surface area contributed by atoms with E-state index in [0.29, 0.717) is 10.0 Å². The molecule has 1 aromatic rings. The Morgan fingerprint density at radius 2 is 1.91 bits per heavy atom. The summed E-state index contributed by atoms with van der Waals surface area (Å²) in [5.74, 6) is 0.992. The Labute approximate surface area is 146 Å². The van der Waals surface area contributed by atoms with Gasteiger partial charge in [-0.1, -0.05) is 23.2 Å². The monoisotopic (exact) mass is 357 g/mol. The number of pyridine rings is 1. The second kappa shape index (κ2) is 7.69. The van der Waals surface area contributed by atoms with Crippen molar-refractivity contribution in [1.82, 2.24) is 10.3 Å². The van der Waals surface area contributed by atoms with Gasteiger partial charge in [0, 0.05) is 44.5 Å². The van der Waals surface area contributed by atoms with E-state index in [1.807, 2.05) is 0 Å².